The van der Waals surface area contributed by atoms with E-state index in [1.54, 1.807) is 0 Å². The van der Waals surface area contributed by atoms with Gasteiger partial charge in [-0.3, -0.25) is 9.88 Å². The number of likely N-dealkylation sites (tertiary alicyclic amines) is 1. The molecule has 1 unspecified atom stereocenters. The zero-order chi connectivity index (χ0) is 14.0. The topological polar surface area (TPSA) is 37.4 Å². The Bertz CT molecular complexity index is 358. The van der Waals surface area contributed by atoms with Gasteiger partial charge < -0.3 is 10.1 Å². The molecule has 1 aromatic rings. The van der Waals surface area contributed by atoms with Crippen LogP contribution in [0.2, 0.25) is 0 Å². The van der Waals surface area contributed by atoms with Crippen LogP contribution in [0.4, 0.5) is 0 Å². The van der Waals surface area contributed by atoms with Gasteiger partial charge in [0.2, 0.25) is 0 Å². The van der Waals surface area contributed by atoms with Crippen molar-refractivity contribution < 1.29 is 4.74 Å². The lowest BCUT2D eigenvalue weighted by atomic mass is 10.1. The van der Waals surface area contributed by atoms with E-state index < -0.39 is 0 Å². The molecular formula is C16H27N3O. The van der Waals surface area contributed by atoms with Crippen molar-refractivity contribution in [1.82, 2.24) is 15.2 Å². The highest BCUT2D eigenvalue weighted by molar-refractivity contribution is 5.07. The third-order valence-electron chi connectivity index (χ3n) is 3.68. The van der Waals surface area contributed by atoms with Crippen LogP contribution < -0.4 is 5.32 Å². The second kappa shape index (κ2) is 9.06. The molecule has 1 fully saturated rings. The van der Waals surface area contributed by atoms with Crippen molar-refractivity contribution in [2.24, 2.45) is 0 Å². The molecule has 1 aliphatic heterocycles. The molecule has 20 heavy (non-hydrogen) atoms. The van der Waals surface area contributed by atoms with Gasteiger partial charge in [0, 0.05) is 45.2 Å². The summed E-state index contributed by atoms with van der Waals surface area (Å²) in [6, 6.07) is 4.09. The van der Waals surface area contributed by atoms with Crippen LogP contribution in [0.25, 0.3) is 0 Å². The summed E-state index contributed by atoms with van der Waals surface area (Å²) in [6.45, 7) is 8.40. The molecule has 0 aromatic carbocycles. The molecule has 1 saturated heterocycles. The largest absolute Gasteiger partial charge is 0.377 e. The Kier molecular flexibility index (Phi) is 6.98. The van der Waals surface area contributed by atoms with Crippen LogP contribution in [-0.4, -0.2) is 48.8 Å². The van der Waals surface area contributed by atoms with Crippen LogP contribution in [0.3, 0.4) is 0 Å². The molecule has 4 heteroatoms. The average molecular weight is 277 g/mol. The summed E-state index contributed by atoms with van der Waals surface area (Å²) < 4.78 is 5.87. The standard InChI is InChI=1S/C16H27N3O/c1-2-11-20-16-6-4-9-19(14-16)10-8-18-13-15-5-3-7-17-12-15/h3,5,7,12,16,18H,2,4,6,8-11,13-14H2,1H3. The molecule has 2 rings (SSSR count). The Balaban J connectivity index is 1.59. The third-order valence-corrected chi connectivity index (χ3v) is 3.68. The molecule has 0 spiro atoms. The summed E-state index contributed by atoms with van der Waals surface area (Å²) in [7, 11) is 0. The van der Waals surface area contributed by atoms with Gasteiger partial charge in [-0.2, -0.15) is 0 Å². The fourth-order valence-corrected chi connectivity index (χ4v) is 2.61. The number of nitrogens with one attached hydrogen (secondary N) is 1. The zero-order valence-electron chi connectivity index (χ0n) is 12.6. The highest BCUT2D eigenvalue weighted by atomic mass is 16.5. The van der Waals surface area contributed by atoms with Crippen molar-refractivity contribution in [3.8, 4) is 0 Å². The molecule has 1 aliphatic rings. The Morgan fingerprint density at radius 1 is 1.50 bits per heavy atom. The van der Waals surface area contributed by atoms with E-state index in [0.717, 1.165) is 39.2 Å². The quantitative estimate of drug-likeness (QED) is 0.738. The first-order chi connectivity index (χ1) is 9.88. The molecule has 0 amide bonds. The van der Waals surface area contributed by atoms with Crippen molar-refractivity contribution in [2.45, 2.75) is 38.8 Å². The average Bonchev–Trinajstić information content (AvgIpc) is 2.51. The van der Waals surface area contributed by atoms with Crippen LogP contribution >= 0.6 is 0 Å². The molecule has 1 aromatic heterocycles. The van der Waals surface area contributed by atoms with E-state index in [-0.39, 0.29) is 0 Å². The molecule has 2 heterocycles. The molecule has 1 N–H and O–H groups in total. The van der Waals surface area contributed by atoms with Crippen LogP contribution in [-0.2, 0) is 11.3 Å². The lowest BCUT2D eigenvalue weighted by molar-refractivity contribution is 0.000352. The number of pyridine rings is 1. The maximum atomic E-state index is 5.87. The summed E-state index contributed by atoms with van der Waals surface area (Å²) in [5.74, 6) is 0. The van der Waals surface area contributed by atoms with Gasteiger partial charge in [-0.25, -0.2) is 0 Å². The maximum absolute atomic E-state index is 5.87. The zero-order valence-corrected chi connectivity index (χ0v) is 12.6. The normalized spacial score (nSPS) is 20.1. The van der Waals surface area contributed by atoms with E-state index in [9.17, 15) is 0 Å². The smallest absolute Gasteiger partial charge is 0.0702 e. The number of piperidine rings is 1. The number of ether oxygens (including phenoxy) is 1. The summed E-state index contributed by atoms with van der Waals surface area (Å²) in [4.78, 5) is 6.64. The molecule has 0 radical (unpaired) electrons. The van der Waals surface area contributed by atoms with Gasteiger partial charge >= 0.3 is 0 Å². The van der Waals surface area contributed by atoms with E-state index in [1.165, 1.54) is 24.9 Å². The van der Waals surface area contributed by atoms with Crippen LogP contribution in [0.1, 0.15) is 31.7 Å². The minimum absolute atomic E-state index is 0.446. The monoisotopic (exact) mass is 277 g/mol. The van der Waals surface area contributed by atoms with E-state index in [4.69, 9.17) is 4.74 Å². The predicted molar refractivity (Wildman–Crippen MR) is 81.6 cm³/mol. The maximum Gasteiger partial charge on any atom is 0.0702 e. The highest BCUT2D eigenvalue weighted by Gasteiger charge is 2.19. The van der Waals surface area contributed by atoms with Gasteiger partial charge in [-0.1, -0.05) is 13.0 Å². The minimum atomic E-state index is 0.446. The number of hydrogen-bond acceptors (Lipinski definition) is 4. The first-order valence-corrected chi connectivity index (χ1v) is 7.82. The summed E-state index contributed by atoms with van der Waals surface area (Å²) in [5.41, 5.74) is 1.25. The lowest BCUT2D eigenvalue weighted by Gasteiger charge is -2.32. The van der Waals surface area contributed by atoms with Crippen LogP contribution in [0.5, 0.6) is 0 Å². The number of nitrogens with zero attached hydrogens (tertiary/aromatic N) is 2. The predicted octanol–water partition coefficient (Wildman–Crippen LogP) is 2.06. The van der Waals surface area contributed by atoms with E-state index in [1.807, 2.05) is 18.5 Å². The molecule has 1 atom stereocenters. The van der Waals surface area contributed by atoms with E-state index >= 15 is 0 Å². The van der Waals surface area contributed by atoms with Gasteiger partial charge in [0.25, 0.3) is 0 Å². The van der Waals surface area contributed by atoms with E-state index in [2.05, 4.69) is 28.2 Å². The van der Waals surface area contributed by atoms with Crippen molar-refractivity contribution >= 4 is 0 Å². The molecule has 0 bridgehead atoms. The SMILES string of the molecule is CCCOC1CCCN(CCNCc2cccnc2)C1. The summed E-state index contributed by atoms with van der Waals surface area (Å²) in [5, 5.41) is 3.48. The van der Waals surface area contributed by atoms with Gasteiger partial charge in [0.05, 0.1) is 6.10 Å². The molecular weight excluding hydrogens is 250 g/mol. The Hall–Kier alpha value is -0.970. The first kappa shape index (κ1) is 15.4. The third kappa shape index (κ3) is 5.57. The molecule has 0 aliphatic carbocycles. The highest BCUT2D eigenvalue weighted by Crippen LogP contribution is 2.12. The summed E-state index contributed by atoms with van der Waals surface area (Å²) in [6.07, 6.45) is 7.78. The number of rotatable bonds is 8. The second-order valence-electron chi connectivity index (χ2n) is 5.47. The Morgan fingerprint density at radius 3 is 3.25 bits per heavy atom. The van der Waals surface area contributed by atoms with Crippen LogP contribution in [0.15, 0.2) is 24.5 Å². The Morgan fingerprint density at radius 2 is 2.45 bits per heavy atom. The summed E-state index contributed by atoms with van der Waals surface area (Å²) >= 11 is 0. The van der Waals surface area contributed by atoms with E-state index in [0.29, 0.717) is 6.10 Å². The molecule has 4 nitrogen and oxygen atoms in total. The van der Waals surface area contributed by atoms with Crippen molar-refractivity contribution in [3.63, 3.8) is 0 Å². The van der Waals surface area contributed by atoms with Crippen LogP contribution in [0, 0.1) is 0 Å². The van der Waals surface area contributed by atoms with Gasteiger partial charge in [0.15, 0.2) is 0 Å². The Labute approximate surface area is 122 Å². The van der Waals surface area contributed by atoms with Crippen molar-refractivity contribution in [1.29, 1.82) is 0 Å². The van der Waals surface area contributed by atoms with Gasteiger partial charge in [-0.15, -0.1) is 0 Å². The number of aromatic nitrogens is 1. The minimum Gasteiger partial charge on any atom is -0.377 e. The fourth-order valence-electron chi connectivity index (χ4n) is 2.61. The van der Waals surface area contributed by atoms with Crippen molar-refractivity contribution in [3.05, 3.63) is 30.1 Å². The van der Waals surface area contributed by atoms with Gasteiger partial charge in [-0.05, 0) is 37.4 Å². The molecule has 112 valence electrons. The molecule has 0 saturated carbocycles. The lowest BCUT2D eigenvalue weighted by Crippen LogP contribution is -2.42. The number of hydrogen-bond donors (Lipinski definition) is 1. The second-order valence-corrected chi connectivity index (χ2v) is 5.47. The first-order valence-electron chi connectivity index (χ1n) is 7.82. The fraction of sp³-hybridized carbons (Fsp3) is 0.688. The van der Waals surface area contributed by atoms with Crippen molar-refractivity contribution in [2.75, 3.05) is 32.8 Å². The van der Waals surface area contributed by atoms with Gasteiger partial charge in [0.1, 0.15) is 0 Å².